The van der Waals surface area contributed by atoms with Gasteiger partial charge in [-0.1, -0.05) is 55.0 Å². The number of halogens is 1. The van der Waals surface area contributed by atoms with Gasteiger partial charge in [0.15, 0.2) is 16.3 Å². The van der Waals surface area contributed by atoms with E-state index >= 15 is 0 Å². The zero-order valence-corrected chi connectivity index (χ0v) is 25.7. The van der Waals surface area contributed by atoms with Crippen molar-refractivity contribution in [3.8, 4) is 22.8 Å². The fourth-order valence-corrected chi connectivity index (χ4v) is 5.89. The van der Waals surface area contributed by atoms with Gasteiger partial charge in [-0.05, 0) is 54.8 Å². The summed E-state index contributed by atoms with van der Waals surface area (Å²) in [5, 5.41) is 0.583. The highest BCUT2D eigenvalue weighted by molar-refractivity contribution is 7.07. The first-order chi connectivity index (χ1) is 20.5. The average Bonchev–Trinajstić information content (AvgIpc) is 3.55. The third kappa shape index (κ3) is 6.35. The number of ether oxygens (including phenoxy) is 3. The van der Waals surface area contributed by atoms with Gasteiger partial charge in [-0.25, -0.2) is 9.79 Å². The minimum Gasteiger partial charge on any atom is -0.493 e. The molecule has 9 nitrogen and oxygen atoms in total. The lowest BCUT2D eigenvalue weighted by Crippen LogP contribution is -2.40. The Hall–Kier alpha value is -4.41. The van der Waals surface area contributed by atoms with Crippen LogP contribution in [0.1, 0.15) is 45.1 Å². The van der Waals surface area contributed by atoms with Crippen molar-refractivity contribution in [3.05, 3.63) is 102 Å². The van der Waals surface area contributed by atoms with Gasteiger partial charge in [-0.15, -0.1) is 0 Å². The van der Waals surface area contributed by atoms with Gasteiger partial charge >= 0.3 is 11.9 Å². The van der Waals surface area contributed by atoms with Gasteiger partial charge in [0, 0.05) is 23.6 Å². The molecule has 0 aliphatic carbocycles. The van der Waals surface area contributed by atoms with Gasteiger partial charge in [0.05, 0.1) is 35.6 Å². The Labute approximate surface area is 256 Å². The number of hydrogen-bond acceptors (Lipinski definition) is 9. The molecule has 222 valence electrons. The number of furan rings is 1. The van der Waals surface area contributed by atoms with E-state index < -0.39 is 18.0 Å². The van der Waals surface area contributed by atoms with Crippen molar-refractivity contribution in [2.45, 2.75) is 33.7 Å². The molecule has 2 aromatic heterocycles. The Morgan fingerprint density at radius 2 is 1.93 bits per heavy atom. The van der Waals surface area contributed by atoms with Crippen LogP contribution < -0.4 is 24.4 Å². The number of thiazole rings is 1. The van der Waals surface area contributed by atoms with Crippen LogP contribution in [0, 0.1) is 5.92 Å². The van der Waals surface area contributed by atoms with Gasteiger partial charge < -0.3 is 18.6 Å². The number of benzene rings is 2. The molecule has 3 heterocycles. The smallest absolute Gasteiger partial charge is 0.338 e. The number of fused-ring (bicyclic) bond motifs is 1. The average molecular weight is 621 g/mol. The van der Waals surface area contributed by atoms with Crippen molar-refractivity contribution in [1.29, 1.82) is 0 Å². The summed E-state index contributed by atoms with van der Waals surface area (Å²) in [5.74, 6) is 0.575. The molecule has 4 aromatic rings. The number of rotatable bonds is 8. The number of carbonyl (C=O) groups is 2. The molecule has 1 aliphatic rings. The minimum atomic E-state index is -0.878. The van der Waals surface area contributed by atoms with Crippen LogP contribution in [0.25, 0.3) is 17.4 Å². The largest absolute Gasteiger partial charge is 0.493 e. The van der Waals surface area contributed by atoms with Gasteiger partial charge in [-0.2, -0.15) is 0 Å². The molecule has 0 bridgehead atoms. The number of allylic oxidation sites excluding steroid dienone is 1. The zero-order chi connectivity index (χ0) is 30.8. The highest BCUT2D eigenvalue weighted by Crippen LogP contribution is 2.36. The lowest BCUT2D eigenvalue weighted by atomic mass is 9.95. The van der Waals surface area contributed by atoms with E-state index in [1.807, 2.05) is 26.0 Å². The summed E-state index contributed by atoms with van der Waals surface area (Å²) in [6.07, 6.45) is 1.65. The van der Waals surface area contributed by atoms with Crippen LogP contribution in [0.4, 0.5) is 0 Å². The maximum atomic E-state index is 14.0. The summed E-state index contributed by atoms with van der Waals surface area (Å²) in [6, 6.07) is 14.9. The summed E-state index contributed by atoms with van der Waals surface area (Å²) in [6.45, 7) is 7.08. The Morgan fingerprint density at radius 1 is 1.14 bits per heavy atom. The number of methoxy groups -OCH3 is 1. The normalized spacial score (nSPS) is 14.9. The predicted molar refractivity (Wildman–Crippen MR) is 163 cm³/mol. The molecule has 0 amide bonds. The SMILES string of the molecule is COc1cc(C2C(C(=O)OCC(C)C)=C(C)N=c3sc(=Cc4ccc(-c5cccc(Cl)c5)o4)c(=O)n32)ccc1OC(C)=O. The molecule has 11 heteroatoms. The third-order valence-electron chi connectivity index (χ3n) is 6.56. The van der Waals surface area contributed by atoms with Crippen molar-refractivity contribution in [2.75, 3.05) is 13.7 Å². The van der Waals surface area contributed by atoms with Crippen molar-refractivity contribution >= 4 is 41.0 Å². The van der Waals surface area contributed by atoms with Gasteiger partial charge in [0.1, 0.15) is 11.5 Å². The van der Waals surface area contributed by atoms with Crippen LogP contribution in [-0.2, 0) is 14.3 Å². The fourth-order valence-electron chi connectivity index (χ4n) is 4.67. The quantitative estimate of drug-likeness (QED) is 0.195. The second-order valence-corrected chi connectivity index (χ2v) is 11.7. The first kappa shape index (κ1) is 30.1. The second kappa shape index (κ2) is 12.4. The van der Waals surface area contributed by atoms with Crippen molar-refractivity contribution in [2.24, 2.45) is 10.9 Å². The van der Waals surface area contributed by atoms with Crippen molar-refractivity contribution in [3.63, 3.8) is 0 Å². The summed E-state index contributed by atoms with van der Waals surface area (Å²) in [5.41, 5.74) is 1.64. The van der Waals surface area contributed by atoms with E-state index in [0.717, 1.165) is 5.56 Å². The molecule has 0 fully saturated rings. The second-order valence-electron chi connectivity index (χ2n) is 10.3. The van der Waals surface area contributed by atoms with Crippen LogP contribution in [0.5, 0.6) is 11.5 Å². The lowest BCUT2D eigenvalue weighted by molar-refractivity contribution is -0.140. The molecule has 43 heavy (non-hydrogen) atoms. The van der Waals surface area contributed by atoms with Crippen LogP contribution in [0.2, 0.25) is 5.02 Å². The van der Waals surface area contributed by atoms with Gasteiger partial charge in [0.2, 0.25) is 0 Å². The molecule has 1 aliphatic heterocycles. The molecule has 0 saturated carbocycles. The van der Waals surface area contributed by atoms with Crippen molar-refractivity contribution < 1.29 is 28.2 Å². The molecule has 2 aromatic carbocycles. The summed E-state index contributed by atoms with van der Waals surface area (Å²) in [4.78, 5) is 44.1. The standard InChI is InChI=1S/C32H29ClN2O7S/c1-17(2)16-40-31(38)28-18(3)34-32-35(29(28)21-9-11-25(41-19(4)36)26(14-21)39-5)30(37)27(43-32)15-23-10-12-24(42-23)20-7-6-8-22(33)13-20/h6-15,17,29H,16H2,1-5H3. The molecular weight excluding hydrogens is 592 g/mol. The van der Waals surface area contributed by atoms with Crippen LogP contribution in [0.15, 0.2) is 80.1 Å². The molecule has 1 unspecified atom stereocenters. The Bertz CT molecular complexity index is 1930. The van der Waals surface area contributed by atoms with Crippen LogP contribution in [-0.4, -0.2) is 30.2 Å². The Kier molecular flexibility index (Phi) is 8.70. The fraction of sp³-hybridized carbons (Fsp3) is 0.250. The zero-order valence-electron chi connectivity index (χ0n) is 24.2. The first-order valence-corrected chi connectivity index (χ1v) is 14.7. The highest BCUT2D eigenvalue weighted by atomic mass is 35.5. The highest BCUT2D eigenvalue weighted by Gasteiger charge is 2.34. The van der Waals surface area contributed by atoms with Gasteiger partial charge in [-0.3, -0.25) is 14.2 Å². The molecule has 0 spiro atoms. The van der Waals surface area contributed by atoms with E-state index in [-0.39, 0.29) is 35.2 Å². The maximum absolute atomic E-state index is 14.0. The number of esters is 2. The Morgan fingerprint density at radius 3 is 2.63 bits per heavy atom. The predicted octanol–water partition coefficient (Wildman–Crippen LogP) is 5.28. The van der Waals surface area contributed by atoms with Crippen molar-refractivity contribution in [1.82, 2.24) is 4.57 Å². The molecule has 1 atom stereocenters. The number of carbonyl (C=O) groups excluding carboxylic acids is 2. The van der Waals surface area contributed by atoms with E-state index in [4.69, 9.17) is 30.2 Å². The topological polar surface area (TPSA) is 109 Å². The molecule has 0 radical (unpaired) electrons. The number of hydrogen-bond donors (Lipinski definition) is 0. The van der Waals surface area contributed by atoms with E-state index in [2.05, 4.69) is 4.99 Å². The number of nitrogens with zero attached hydrogens (tertiary/aromatic N) is 2. The monoisotopic (exact) mass is 620 g/mol. The Balaban J connectivity index is 1.64. The van der Waals surface area contributed by atoms with Crippen LogP contribution in [0.3, 0.4) is 0 Å². The summed E-state index contributed by atoms with van der Waals surface area (Å²) < 4.78 is 24.2. The summed E-state index contributed by atoms with van der Waals surface area (Å²) in [7, 11) is 1.44. The van der Waals surface area contributed by atoms with E-state index in [0.29, 0.717) is 37.1 Å². The van der Waals surface area contributed by atoms with Crippen LogP contribution >= 0.6 is 22.9 Å². The van der Waals surface area contributed by atoms with Gasteiger partial charge in [0.25, 0.3) is 5.56 Å². The maximum Gasteiger partial charge on any atom is 0.338 e. The third-order valence-corrected chi connectivity index (χ3v) is 7.77. The molecular formula is C32H29ClN2O7S. The van der Waals surface area contributed by atoms with E-state index in [9.17, 15) is 14.4 Å². The minimum absolute atomic E-state index is 0.109. The molecule has 0 saturated heterocycles. The molecule has 0 N–H and O–H groups in total. The van der Waals surface area contributed by atoms with E-state index in [1.54, 1.807) is 55.5 Å². The summed E-state index contributed by atoms with van der Waals surface area (Å²) >= 11 is 7.32. The lowest BCUT2D eigenvalue weighted by Gasteiger charge is -2.25. The first-order valence-electron chi connectivity index (χ1n) is 13.5. The molecule has 5 rings (SSSR count). The number of aromatic nitrogens is 1. The van der Waals surface area contributed by atoms with E-state index in [1.165, 1.54) is 29.9 Å².